The zero-order chi connectivity index (χ0) is 22.2. The number of fused-ring (bicyclic) bond motifs is 1. The number of nitrogens with one attached hydrogen (secondary N) is 2. The zero-order valence-electron chi connectivity index (χ0n) is 17.0. The Balaban J connectivity index is 0.00000289. The molecule has 0 atom stereocenters. The van der Waals surface area contributed by atoms with Crippen LogP contribution in [0.5, 0.6) is 0 Å². The highest BCUT2D eigenvalue weighted by Crippen LogP contribution is 2.41. The fourth-order valence-corrected chi connectivity index (χ4v) is 3.68. The van der Waals surface area contributed by atoms with E-state index in [1.807, 2.05) is 4.90 Å². The molecule has 3 heterocycles. The first-order chi connectivity index (χ1) is 14.8. The van der Waals surface area contributed by atoms with E-state index in [2.05, 4.69) is 15.4 Å². The molecule has 0 unspecified atom stereocenters. The van der Waals surface area contributed by atoms with Gasteiger partial charge in [-0.25, -0.2) is 9.31 Å². The number of benzene rings is 1. The van der Waals surface area contributed by atoms with Gasteiger partial charge in [-0.2, -0.15) is 13.2 Å². The lowest BCUT2D eigenvalue weighted by Gasteiger charge is -2.28. The smallest absolute Gasteiger partial charge is 0.417 e. The summed E-state index contributed by atoms with van der Waals surface area (Å²) < 4.78 is 47.4. The molecule has 0 spiro atoms. The molecule has 0 radical (unpaired) electrons. The van der Waals surface area contributed by atoms with Crippen molar-refractivity contribution in [1.29, 1.82) is 0 Å². The van der Waals surface area contributed by atoms with Gasteiger partial charge in [0.1, 0.15) is 11.2 Å². The number of piperazine rings is 1. The molecule has 12 heteroatoms. The lowest BCUT2D eigenvalue weighted by atomic mass is 9.99. The highest BCUT2D eigenvalue weighted by atomic mass is 35.5. The average molecular weight is 472 g/mol. The molecule has 4 rings (SSSR count). The van der Waals surface area contributed by atoms with Crippen LogP contribution in [-0.2, 0) is 10.9 Å². The molecule has 1 aromatic carbocycles. The lowest BCUT2D eigenvalue weighted by molar-refractivity contribution is -0.137. The molecule has 3 aromatic rings. The first-order valence-corrected chi connectivity index (χ1v) is 9.76. The molecule has 0 saturated carbocycles. The van der Waals surface area contributed by atoms with Gasteiger partial charge in [-0.3, -0.25) is 4.79 Å². The summed E-state index contributed by atoms with van der Waals surface area (Å²) >= 11 is 0. The molecule has 1 aliphatic heterocycles. The fraction of sp³-hybridized carbons (Fsp3) is 0.350. The SMILES string of the molecule is CCOC(=O)c1cn2nc(N3CCNCC3)c(-c3ccccc3C(F)(F)F)c2c(=O)[nH]1.Cl. The first-order valence-electron chi connectivity index (χ1n) is 9.76. The molecule has 32 heavy (non-hydrogen) atoms. The number of H-pyrrole nitrogens is 1. The van der Waals surface area contributed by atoms with Gasteiger partial charge in [0, 0.05) is 31.7 Å². The topological polar surface area (TPSA) is 91.7 Å². The maximum Gasteiger partial charge on any atom is 0.417 e. The maximum atomic E-state index is 13.8. The number of hydrogen-bond acceptors (Lipinski definition) is 6. The van der Waals surface area contributed by atoms with Crippen molar-refractivity contribution >= 4 is 29.7 Å². The standard InChI is InChI=1S/C20H20F3N5O3.ClH/c1-2-31-19(30)14-11-28-16(18(29)25-14)15(17(26-28)27-9-7-24-8-10-27)12-5-3-4-6-13(12)20(21,22)23;/h3-6,11,24H,2,7-10H2,1H3,(H,25,29);1H. The minimum Gasteiger partial charge on any atom is -0.461 e. The summed E-state index contributed by atoms with van der Waals surface area (Å²) in [6, 6.07) is 5.08. The van der Waals surface area contributed by atoms with Crippen molar-refractivity contribution in [1.82, 2.24) is 19.9 Å². The molecular weight excluding hydrogens is 451 g/mol. The van der Waals surface area contributed by atoms with Crippen LogP contribution in [0.25, 0.3) is 16.6 Å². The van der Waals surface area contributed by atoms with Crippen LogP contribution in [0.3, 0.4) is 0 Å². The van der Waals surface area contributed by atoms with Crippen LogP contribution in [0, 0.1) is 0 Å². The molecule has 0 aliphatic carbocycles. The van der Waals surface area contributed by atoms with E-state index in [-0.39, 0.29) is 47.2 Å². The second-order valence-corrected chi connectivity index (χ2v) is 6.99. The average Bonchev–Trinajstić information content (AvgIpc) is 3.14. The van der Waals surface area contributed by atoms with Gasteiger partial charge in [0.25, 0.3) is 5.56 Å². The number of esters is 1. The number of aromatic amines is 1. The highest BCUT2D eigenvalue weighted by molar-refractivity contribution is 5.92. The second-order valence-electron chi connectivity index (χ2n) is 6.99. The summed E-state index contributed by atoms with van der Waals surface area (Å²) in [7, 11) is 0. The van der Waals surface area contributed by atoms with E-state index >= 15 is 0 Å². The number of alkyl halides is 3. The predicted octanol–water partition coefficient (Wildman–Crippen LogP) is 2.72. The Hall–Kier alpha value is -3.05. The molecule has 1 saturated heterocycles. The molecule has 8 nitrogen and oxygen atoms in total. The Morgan fingerprint density at radius 3 is 2.56 bits per heavy atom. The van der Waals surface area contributed by atoms with Crippen LogP contribution < -0.4 is 15.8 Å². The van der Waals surface area contributed by atoms with Crippen molar-refractivity contribution in [3.63, 3.8) is 0 Å². The van der Waals surface area contributed by atoms with Crippen LogP contribution in [0.15, 0.2) is 35.3 Å². The Morgan fingerprint density at radius 2 is 1.91 bits per heavy atom. The summed E-state index contributed by atoms with van der Waals surface area (Å²) in [5, 5.41) is 7.60. The molecule has 172 valence electrons. The van der Waals surface area contributed by atoms with Gasteiger partial charge in [-0.15, -0.1) is 17.5 Å². The Kier molecular flexibility index (Phi) is 6.79. The molecule has 1 aliphatic rings. The summed E-state index contributed by atoms with van der Waals surface area (Å²) in [6.07, 6.45) is -3.36. The fourth-order valence-electron chi connectivity index (χ4n) is 3.68. The normalized spacial score (nSPS) is 14.3. The van der Waals surface area contributed by atoms with Crippen molar-refractivity contribution in [2.24, 2.45) is 0 Å². The number of ether oxygens (including phenoxy) is 1. The Labute approximate surface area is 186 Å². The zero-order valence-corrected chi connectivity index (χ0v) is 17.8. The summed E-state index contributed by atoms with van der Waals surface area (Å²) in [5.41, 5.74) is -1.87. The van der Waals surface area contributed by atoms with Crippen LogP contribution in [0.2, 0.25) is 0 Å². The Bertz CT molecular complexity index is 1190. The summed E-state index contributed by atoms with van der Waals surface area (Å²) in [4.78, 5) is 29.3. The third-order valence-electron chi connectivity index (χ3n) is 5.02. The molecule has 2 N–H and O–H groups in total. The number of hydrogen-bond donors (Lipinski definition) is 2. The van der Waals surface area contributed by atoms with Crippen molar-refractivity contribution in [3.05, 3.63) is 52.1 Å². The number of nitrogens with zero attached hydrogens (tertiary/aromatic N) is 3. The van der Waals surface area contributed by atoms with E-state index in [1.165, 1.54) is 24.4 Å². The number of aromatic nitrogens is 3. The number of carbonyl (C=O) groups excluding carboxylic acids is 1. The molecule has 0 amide bonds. The van der Waals surface area contributed by atoms with Crippen molar-refractivity contribution < 1.29 is 22.7 Å². The van der Waals surface area contributed by atoms with Crippen molar-refractivity contribution in [2.45, 2.75) is 13.1 Å². The quantitative estimate of drug-likeness (QED) is 0.569. The van der Waals surface area contributed by atoms with E-state index in [9.17, 15) is 22.8 Å². The van der Waals surface area contributed by atoms with E-state index in [0.29, 0.717) is 26.2 Å². The maximum absolute atomic E-state index is 13.8. The van der Waals surface area contributed by atoms with Gasteiger partial charge in [-0.1, -0.05) is 18.2 Å². The first kappa shape index (κ1) is 23.6. The van der Waals surface area contributed by atoms with Gasteiger partial charge in [0.05, 0.1) is 23.9 Å². The van der Waals surface area contributed by atoms with Crippen LogP contribution in [0.4, 0.5) is 19.0 Å². The van der Waals surface area contributed by atoms with Gasteiger partial charge in [0.15, 0.2) is 5.82 Å². The largest absolute Gasteiger partial charge is 0.461 e. The Morgan fingerprint density at radius 1 is 1.22 bits per heavy atom. The number of carbonyl (C=O) groups is 1. The van der Waals surface area contributed by atoms with E-state index in [1.54, 1.807) is 6.92 Å². The van der Waals surface area contributed by atoms with Gasteiger partial charge >= 0.3 is 12.1 Å². The van der Waals surface area contributed by atoms with Gasteiger partial charge in [0.2, 0.25) is 0 Å². The third kappa shape index (κ3) is 4.30. The monoisotopic (exact) mass is 471 g/mol. The summed E-state index contributed by atoms with van der Waals surface area (Å²) in [6.45, 7) is 3.99. The van der Waals surface area contributed by atoms with E-state index in [0.717, 1.165) is 10.6 Å². The number of halogens is 4. The molecular formula is C20H21ClF3N5O3. The minimum absolute atomic E-state index is 0. The van der Waals surface area contributed by atoms with Crippen LogP contribution in [-0.4, -0.2) is 53.4 Å². The third-order valence-corrected chi connectivity index (χ3v) is 5.02. The minimum atomic E-state index is -4.62. The van der Waals surface area contributed by atoms with Gasteiger partial charge in [-0.05, 0) is 13.0 Å². The van der Waals surface area contributed by atoms with Crippen molar-refractivity contribution in [2.75, 3.05) is 37.7 Å². The number of rotatable bonds is 4. The highest BCUT2D eigenvalue weighted by Gasteiger charge is 2.36. The van der Waals surface area contributed by atoms with E-state index < -0.39 is 23.3 Å². The molecule has 1 fully saturated rings. The molecule has 0 bridgehead atoms. The van der Waals surface area contributed by atoms with Crippen LogP contribution >= 0.6 is 12.4 Å². The van der Waals surface area contributed by atoms with Crippen LogP contribution in [0.1, 0.15) is 23.0 Å². The summed E-state index contributed by atoms with van der Waals surface area (Å²) in [5.74, 6) is -0.498. The van der Waals surface area contributed by atoms with Gasteiger partial charge < -0.3 is 19.9 Å². The predicted molar refractivity (Wildman–Crippen MR) is 115 cm³/mol. The lowest BCUT2D eigenvalue weighted by Crippen LogP contribution is -2.44. The second kappa shape index (κ2) is 9.21. The molecule has 2 aromatic heterocycles. The van der Waals surface area contributed by atoms with Crippen molar-refractivity contribution in [3.8, 4) is 11.1 Å². The number of anilines is 1. The van der Waals surface area contributed by atoms with E-state index in [4.69, 9.17) is 4.74 Å².